The summed E-state index contributed by atoms with van der Waals surface area (Å²) in [5.74, 6) is 0.445. The third kappa shape index (κ3) is 4.24. The van der Waals surface area contributed by atoms with E-state index >= 15 is 0 Å². The van der Waals surface area contributed by atoms with Crippen LogP contribution in [-0.2, 0) is 0 Å². The summed E-state index contributed by atoms with van der Waals surface area (Å²) in [6.45, 7) is 4.13. The molecule has 0 spiro atoms. The van der Waals surface area contributed by atoms with Gasteiger partial charge in [-0.2, -0.15) is 0 Å². The molecule has 0 aliphatic carbocycles. The average molecular weight is 316 g/mol. The average Bonchev–Trinajstić information content (AvgIpc) is 2.48. The lowest BCUT2D eigenvalue weighted by Crippen LogP contribution is -2.10. The van der Waals surface area contributed by atoms with Crippen LogP contribution in [0.15, 0.2) is 53.4 Å². The number of nitro groups is 1. The molecule has 0 aliphatic rings. The zero-order valence-electron chi connectivity index (χ0n) is 12.7. The summed E-state index contributed by atoms with van der Waals surface area (Å²) in [5.41, 5.74) is 8.79. The van der Waals surface area contributed by atoms with Gasteiger partial charge in [0.05, 0.1) is 5.25 Å². The van der Waals surface area contributed by atoms with Gasteiger partial charge in [-0.25, -0.2) is 0 Å². The topological polar surface area (TPSA) is 69.2 Å². The number of nitrogens with two attached hydrogens (primary N) is 1. The van der Waals surface area contributed by atoms with E-state index in [0.717, 1.165) is 10.5 Å². The Morgan fingerprint density at radius 2 is 1.68 bits per heavy atom. The van der Waals surface area contributed by atoms with E-state index in [1.165, 1.54) is 17.3 Å². The molecule has 0 heterocycles. The second kappa shape index (κ2) is 7.31. The highest BCUT2D eigenvalue weighted by molar-refractivity contribution is 7.99. The van der Waals surface area contributed by atoms with Crippen molar-refractivity contribution in [1.29, 1.82) is 0 Å². The molecular weight excluding hydrogens is 296 g/mol. The van der Waals surface area contributed by atoms with E-state index in [1.807, 2.05) is 48.5 Å². The smallest absolute Gasteiger partial charge is 0.220 e. The summed E-state index contributed by atoms with van der Waals surface area (Å²) in [6.07, 6.45) is 0. The number of nitrogens with zero attached hydrogens (tertiary/aromatic N) is 1. The maximum atomic E-state index is 11.0. The fourth-order valence-electron chi connectivity index (χ4n) is 2.18. The van der Waals surface area contributed by atoms with Crippen LogP contribution < -0.4 is 5.73 Å². The largest absolute Gasteiger partial charge is 0.398 e. The Bertz CT molecular complexity index is 641. The molecule has 5 heteroatoms. The summed E-state index contributed by atoms with van der Waals surface area (Å²) >= 11 is 1.44. The van der Waals surface area contributed by atoms with Crippen molar-refractivity contribution in [2.75, 3.05) is 12.3 Å². The van der Waals surface area contributed by atoms with E-state index in [-0.39, 0.29) is 16.7 Å². The standard InChI is InChI=1S/C17H20N2O2S/c1-12(2)13-7-9-14(10-8-13)17(11-19(20)21)22-16-6-4-3-5-15(16)18/h3-10,12,17H,11,18H2,1-2H3/t17-/m0/s1. The lowest BCUT2D eigenvalue weighted by Gasteiger charge is -2.15. The molecule has 22 heavy (non-hydrogen) atoms. The molecule has 2 aromatic rings. The molecule has 0 bridgehead atoms. The van der Waals surface area contributed by atoms with Crippen LogP contribution in [0.4, 0.5) is 5.69 Å². The van der Waals surface area contributed by atoms with Gasteiger partial charge < -0.3 is 5.73 Å². The predicted molar refractivity (Wildman–Crippen MR) is 91.8 cm³/mol. The van der Waals surface area contributed by atoms with Crippen molar-refractivity contribution in [2.24, 2.45) is 0 Å². The van der Waals surface area contributed by atoms with Crippen LogP contribution in [0.25, 0.3) is 0 Å². The van der Waals surface area contributed by atoms with E-state index in [0.29, 0.717) is 11.6 Å². The van der Waals surface area contributed by atoms with Gasteiger partial charge >= 0.3 is 0 Å². The van der Waals surface area contributed by atoms with E-state index in [1.54, 1.807) is 0 Å². The molecule has 0 unspecified atom stereocenters. The Hall–Kier alpha value is -2.01. The van der Waals surface area contributed by atoms with Gasteiger partial charge in [-0.15, -0.1) is 11.8 Å². The first-order valence-corrected chi connectivity index (χ1v) is 8.08. The van der Waals surface area contributed by atoms with Gasteiger partial charge in [0.15, 0.2) is 0 Å². The lowest BCUT2D eigenvalue weighted by molar-refractivity contribution is -0.479. The minimum atomic E-state index is -0.271. The summed E-state index contributed by atoms with van der Waals surface area (Å²) in [6, 6.07) is 15.5. The normalized spacial score (nSPS) is 12.3. The summed E-state index contributed by atoms with van der Waals surface area (Å²) in [7, 11) is 0. The van der Waals surface area contributed by atoms with Crippen molar-refractivity contribution in [3.05, 3.63) is 69.8 Å². The van der Waals surface area contributed by atoms with Gasteiger partial charge in [-0.05, 0) is 29.2 Å². The number of para-hydroxylation sites is 1. The van der Waals surface area contributed by atoms with Crippen LogP contribution >= 0.6 is 11.8 Å². The molecule has 1 atom stereocenters. The fourth-order valence-corrected chi connectivity index (χ4v) is 3.34. The monoisotopic (exact) mass is 316 g/mol. The van der Waals surface area contributed by atoms with Crippen molar-refractivity contribution in [3.63, 3.8) is 0 Å². The summed E-state index contributed by atoms with van der Waals surface area (Å²) in [4.78, 5) is 11.6. The van der Waals surface area contributed by atoms with Crippen molar-refractivity contribution in [1.82, 2.24) is 0 Å². The molecule has 0 amide bonds. The zero-order chi connectivity index (χ0) is 16.1. The zero-order valence-corrected chi connectivity index (χ0v) is 13.5. The second-order valence-electron chi connectivity index (χ2n) is 5.48. The van der Waals surface area contributed by atoms with Crippen LogP contribution in [0.3, 0.4) is 0 Å². The predicted octanol–water partition coefficient (Wildman–Crippen LogP) is 4.50. The minimum absolute atomic E-state index is 0.125. The Balaban J connectivity index is 2.26. The van der Waals surface area contributed by atoms with Crippen LogP contribution in [0.5, 0.6) is 0 Å². The van der Waals surface area contributed by atoms with Crippen molar-refractivity contribution in [2.45, 2.75) is 29.9 Å². The Labute approximate surface area is 134 Å². The Morgan fingerprint density at radius 1 is 1.09 bits per heavy atom. The number of rotatable bonds is 6. The maximum absolute atomic E-state index is 11.0. The highest BCUT2D eigenvalue weighted by atomic mass is 32.2. The van der Waals surface area contributed by atoms with Gasteiger partial charge in [0.25, 0.3) is 0 Å². The molecule has 0 saturated heterocycles. The van der Waals surface area contributed by atoms with E-state index < -0.39 is 0 Å². The number of thioether (sulfide) groups is 1. The molecule has 0 fully saturated rings. The Kier molecular flexibility index (Phi) is 5.44. The number of benzene rings is 2. The third-order valence-electron chi connectivity index (χ3n) is 3.48. The van der Waals surface area contributed by atoms with Crippen molar-refractivity contribution < 1.29 is 4.92 Å². The molecule has 116 valence electrons. The van der Waals surface area contributed by atoms with Gasteiger partial charge in [0.2, 0.25) is 6.54 Å². The van der Waals surface area contributed by atoms with Crippen LogP contribution in [0.1, 0.15) is 36.1 Å². The van der Waals surface area contributed by atoms with E-state index in [4.69, 9.17) is 5.73 Å². The van der Waals surface area contributed by atoms with E-state index in [2.05, 4.69) is 13.8 Å². The van der Waals surface area contributed by atoms with Crippen LogP contribution in [0.2, 0.25) is 0 Å². The molecule has 2 rings (SSSR count). The number of anilines is 1. The maximum Gasteiger partial charge on any atom is 0.220 e. The fraction of sp³-hybridized carbons (Fsp3) is 0.294. The summed E-state index contributed by atoms with van der Waals surface area (Å²) in [5, 5.41) is 10.7. The van der Waals surface area contributed by atoms with Gasteiger partial charge in [0, 0.05) is 15.5 Å². The lowest BCUT2D eigenvalue weighted by atomic mass is 10.0. The van der Waals surface area contributed by atoms with Crippen LogP contribution in [0, 0.1) is 10.1 Å². The number of hydrogen-bond donors (Lipinski definition) is 1. The molecule has 2 N–H and O–H groups in total. The third-order valence-corrected chi connectivity index (χ3v) is 4.81. The van der Waals surface area contributed by atoms with E-state index in [9.17, 15) is 10.1 Å². The first-order chi connectivity index (χ1) is 10.5. The summed E-state index contributed by atoms with van der Waals surface area (Å²) < 4.78 is 0. The second-order valence-corrected chi connectivity index (χ2v) is 6.73. The SMILES string of the molecule is CC(C)c1ccc([C@H](C[N+](=O)[O-])Sc2ccccc2N)cc1. The Morgan fingerprint density at radius 3 is 2.23 bits per heavy atom. The molecule has 0 radical (unpaired) electrons. The van der Waals surface area contributed by atoms with Gasteiger partial charge in [-0.3, -0.25) is 10.1 Å². The molecule has 0 saturated carbocycles. The van der Waals surface area contributed by atoms with Crippen molar-refractivity contribution in [3.8, 4) is 0 Å². The molecular formula is C17H20N2O2S. The number of hydrogen-bond acceptors (Lipinski definition) is 4. The molecule has 4 nitrogen and oxygen atoms in total. The van der Waals surface area contributed by atoms with Crippen LogP contribution in [-0.4, -0.2) is 11.5 Å². The first-order valence-electron chi connectivity index (χ1n) is 7.20. The number of nitrogen functional groups attached to an aromatic ring is 1. The molecule has 2 aromatic carbocycles. The minimum Gasteiger partial charge on any atom is -0.398 e. The van der Waals surface area contributed by atoms with Gasteiger partial charge in [-0.1, -0.05) is 50.2 Å². The highest BCUT2D eigenvalue weighted by Gasteiger charge is 2.20. The molecule has 0 aromatic heterocycles. The van der Waals surface area contributed by atoms with Gasteiger partial charge in [0.1, 0.15) is 0 Å². The molecule has 0 aliphatic heterocycles. The quantitative estimate of drug-likeness (QED) is 0.368. The van der Waals surface area contributed by atoms with Crippen molar-refractivity contribution >= 4 is 17.4 Å². The highest BCUT2D eigenvalue weighted by Crippen LogP contribution is 2.38. The first kappa shape index (κ1) is 16.4.